The number of carbonyl (C=O) groups is 1. The molecular formula is C15H21Br2NO3. The number of halogens is 2. The van der Waals surface area contributed by atoms with Crippen molar-refractivity contribution >= 4 is 37.8 Å². The highest BCUT2D eigenvalue weighted by atomic mass is 79.9. The van der Waals surface area contributed by atoms with Gasteiger partial charge in [-0.05, 0) is 48.8 Å². The number of carbonyl (C=O) groups excluding carboxylic acids is 1. The van der Waals surface area contributed by atoms with Gasteiger partial charge < -0.3 is 14.8 Å². The Hall–Kier alpha value is -0.590. The number of rotatable bonds is 6. The van der Waals surface area contributed by atoms with E-state index in [4.69, 9.17) is 9.47 Å². The highest BCUT2D eigenvalue weighted by Crippen LogP contribution is 2.32. The Morgan fingerprint density at radius 2 is 1.95 bits per heavy atom. The average molecular weight is 423 g/mol. The second-order valence-electron chi connectivity index (χ2n) is 5.59. The average Bonchev–Trinajstić information content (AvgIpc) is 2.32. The lowest BCUT2D eigenvalue weighted by Gasteiger charge is -2.19. The minimum absolute atomic E-state index is 0.197. The number of nitrogens with one attached hydrogen (secondary N) is 1. The predicted molar refractivity (Wildman–Crippen MR) is 90.6 cm³/mol. The molecule has 0 aliphatic heterocycles. The largest absolute Gasteiger partial charge is 0.495 e. The third-order valence-corrected chi connectivity index (χ3v) is 3.58. The number of hydrogen-bond donors (Lipinski definition) is 1. The summed E-state index contributed by atoms with van der Waals surface area (Å²) in [6, 6.07) is 3.92. The Morgan fingerprint density at radius 3 is 2.52 bits per heavy atom. The molecule has 0 aliphatic carbocycles. The molecule has 0 spiro atoms. The minimum Gasteiger partial charge on any atom is -0.495 e. The number of ether oxygens (including phenoxy) is 2. The van der Waals surface area contributed by atoms with Gasteiger partial charge in [0.2, 0.25) is 0 Å². The first-order valence-corrected chi connectivity index (χ1v) is 8.26. The Bertz CT molecular complexity index is 498. The number of hydrogen-bond acceptors (Lipinski definition) is 4. The van der Waals surface area contributed by atoms with E-state index >= 15 is 0 Å². The highest BCUT2D eigenvalue weighted by Gasteiger charge is 2.15. The summed E-state index contributed by atoms with van der Waals surface area (Å²) >= 11 is 6.92. The summed E-state index contributed by atoms with van der Waals surface area (Å²) < 4.78 is 12.5. The summed E-state index contributed by atoms with van der Waals surface area (Å²) in [4.78, 5) is 11.6. The van der Waals surface area contributed by atoms with Gasteiger partial charge in [0.15, 0.2) is 0 Å². The lowest BCUT2D eigenvalue weighted by molar-refractivity contribution is -0.154. The van der Waals surface area contributed by atoms with Crippen LogP contribution >= 0.6 is 31.9 Å². The maximum Gasteiger partial charge on any atom is 0.307 e. The molecule has 0 heterocycles. The normalized spacial score (nSPS) is 11.3. The van der Waals surface area contributed by atoms with E-state index in [0.29, 0.717) is 19.5 Å². The van der Waals surface area contributed by atoms with Crippen molar-refractivity contribution in [3.8, 4) is 5.75 Å². The summed E-state index contributed by atoms with van der Waals surface area (Å²) in [6.07, 6.45) is 0.342. The molecule has 0 aliphatic rings. The van der Waals surface area contributed by atoms with Crippen LogP contribution in [0.3, 0.4) is 0 Å². The van der Waals surface area contributed by atoms with Crippen LogP contribution in [0.25, 0.3) is 0 Å². The molecule has 0 atom stereocenters. The second-order valence-corrected chi connectivity index (χ2v) is 7.36. The predicted octanol–water partition coefficient (Wildman–Crippen LogP) is 4.04. The van der Waals surface area contributed by atoms with Crippen molar-refractivity contribution in [2.75, 3.05) is 13.7 Å². The fraction of sp³-hybridized carbons (Fsp3) is 0.533. The van der Waals surface area contributed by atoms with Crippen molar-refractivity contribution in [2.24, 2.45) is 0 Å². The van der Waals surface area contributed by atoms with Gasteiger partial charge in [0.05, 0.1) is 18.0 Å². The van der Waals surface area contributed by atoms with Crippen molar-refractivity contribution in [3.05, 3.63) is 26.6 Å². The first kappa shape index (κ1) is 18.5. The molecule has 21 heavy (non-hydrogen) atoms. The molecule has 0 saturated carbocycles. The van der Waals surface area contributed by atoms with E-state index in [1.165, 1.54) is 0 Å². The Labute approximate surface area is 142 Å². The van der Waals surface area contributed by atoms with E-state index in [0.717, 1.165) is 20.3 Å². The maximum absolute atomic E-state index is 11.6. The topological polar surface area (TPSA) is 47.6 Å². The van der Waals surface area contributed by atoms with E-state index in [2.05, 4.69) is 37.2 Å². The fourth-order valence-corrected chi connectivity index (χ4v) is 3.26. The molecule has 0 bridgehead atoms. The van der Waals surface area contributed by atoms with Crippen LogP contribution in [0, 0.1) is 0 Å². The van der Waals surface area contributed by atoms with Gasteiger partial charge in [-0.15, -0.1) is 0 Å². The van der Waals surface area contributed by atoms with Gasteiger partial charge in [0.25, 0.3) is 0 Å². The molecule has 0 amide bonds. The number of benzene rings is 1. The summed E-state index contributed by atoms with van der Waals surface area (Å²) in [5.41, 5.74) is 0.582. The van der Waals surface area contributed by atoms with Crippen LogP contribution < -0.4 is 10.1 Å². The highest BCUT2D eigenvalue weighted by molar-refractivity contribution is 9.11. The van der Waals surface area contributed by atoms with Gasteiger partial charge in [-0.25, -0.2) is 0 Å². The smallest absolute Gasteiger partial charge is 0.307 e. The molecule has 6 heteroatoms. The summed E-state index contributed by atoms with van der Waals surface area (Å²) in [7, 11) is 1.64. The van der Waals surface area contributed by atoms with Crippen molar-refractivity contribution in [1.82, 2.24) is 5.32 Å². The van der Waals surface area contributed by atoms with E-state index in [-0.39, 0.29) is 5.97 Å². The number of esters is 1. The molecule has 0 unspecified atom stereocenters. The molecule has 1 N–H and O–H groups in total. The monoisotopic (exact) mass is 421 g/mol. The summed E-state index contributed by atoms with van der Waals surface area (Å²) in [6.45, 7) is 6.76. The van der Waals surface area contributed by atoms with Gasteiger partial charge in [0.1, 0.15) is 11.4 Å². The Kier molecular flexibility index (Phi) is 7.16. The van der Waals surface area contributed by atoms with Crippen LogP contribution in [0.1, 0.15) is 32.8 Å². The van der Waals surface area contributed by atoms with Crippen LogP contribution in [0.15, 0.2) is 21.1 Å². The van der Waals surface area contributed by atoms with Crippen molar-refractivity contribution in [3.63, 3.8) is 0 Å². The zero-order valence-corrected chi connectivity index (χ0v) is 15.9. The molecule has 118 valence electrons. The second kappa shape index (κ2) is 8.15. The van der Waals surface area contributed by atoms with Gasteiger partial charge in [-0.1, -0.05) is 15.9 Å². The summed E-state index contributed by atoms with van der Waals surface area (Å²) in [5, 5.41) is 3.23. The quantitative estimate of drug-likeness (QED) is 0.555. The van der Waals surface area contributed by atoms with Crippen molar-refractivity contribution in [1.29, 1.82) is 0 Å². The molecule has 1 aromatic rings. The van der Waals surface area contributed by atoms with Gasteiger partial charge in [0, 0.05) is 23.1 Å². The van der Waals surface area contributed by atoms with Gasteiger partial charge in [-0.3, -0.25) is 4.79 Å². The Balaban J connectivity index is 2.48. The molecule has 0 saturated heterocycles. The van der Waals surface area contributed by atoms with E-state index < -0.39 is 5.60 Å². The molecular weight excluding hydrogens is 402 g/mol. The zero-order valence-electron chi connectivity index (χ0n) is 12.8. The van der Waals surface area contributed by atoms with Crippen LogP contribution in [0.4, 0.5) is 0 Å². The lowest BCUT2D eigenvalue weighted by Crippen LogP contribution is -2.26. The fourth-order valence-electron chi connectivity index (χ4n) is 1.78. The van der Waals surface area contributed by atoms with Crippen LogP contribution in [-0.2, 0) is 16.1 Å². The van der Waals surface area contributed by atoms with E-state index in [1.54, 1.807) is 7.11 Å². The van der Waals surface area contributed by atoms with Crippen LogP contribution in [-0.4, -0.2) is 25.2 Å². The minimum atomic E-state index is -0.435. The van der Waals surface area contributed by atoms with Crippen LogP contribution in [0.2, 0.25) is 0 Å². The van der Waals surface area contributed by atoms with Gasteiger partial charge in [-0.2, -0.15) is 0 Å². The van der Waals surface area contributed by atoms with Crippen molar-refractivity contribution in [2.45, 2.75) is 39.3 Å². The molecule has 0 radical (unpaired) electrons. The van der Waals surface area contributed by atoms with Crippen molar-refractivity contribution < 1.29 is 14.3 Å². The molecule has 0 fully saturated rings. The number of methoxy groups -OCH3 is 1. The van der Waals surface area contributed by atoms with E-state index in [9.17, 15) is 4.79 Å². The molecule has 0 aromatic heterocycles. The molecule has 1 aromatic carbocycles. The molecule has 1 rings (SSSR count). The standard InChI is InChI=1S/C15H21Br2NO3/c1-15(2,3)21-13(19)5-6-18-9-10-7-11(16)8-12(17)14(10)20-4/h7-8,18H,5-6,9H2,1-4H3. The first-order valence-electron chi connectivity index (χ1n) is 6.67. The third kappa shape index (κ3) is 6.80. The SMILES string of the molecule is COc1c(Br)cc(Br)cc1CNCCC(=O)OC(C)(C)C. The first-order chi connectivity index (χ1) is 9.73. The van der Waals surface area contributed by atoms with Crippen LogP contribution in [0.5, 0.6) is 5.75 Å². The molecule has 4 nitrogen and oxygen atoms in total. The van der Waals surface area contributed by atoms with Gasteiger partial charge >= 0.3 is 5.97 Å². The Morgan fingerprint density at radius 1 is 1.29 bits per heavy atom. The maximum atomic E-state index is 11.6. The van der Waals surface area contributed by atoms with E-state index in [1.807, 2.05) is 32.9 Å². The third-order valence-electron chi connectivity index (χ3n) is 2.53. The lowest BCUT2D eigenvalue weighted by atomic mass is 10.2. The summed E-state index contributed by atoms with van der Waals surface area (Å²) in [5.74, 6) is 0.598. The zero-order chi connectivity index (χ0) is 16.0.